The van der Waals surface area contributed by atoms with Crippen LogP contribution in [0.2, 0.25) is 0 Å². The van der Waals surface area contributed by atoms with E-state index in [9.17, 15) is 15.0 Å². The third kappa shape index (κ3) is 4.96. The molecule has 4 heteroatoms. The zero-order chi connectivity index (χ0) is 14.3. The Kier molecular flexibility index (Phi) is 6.52. The van der Waals surface area contributed by atoms with Crippen molar-refractivity contribution in [3.05, 3.63) is 12.7 Å². The van der Waals surface area contributed by atoms with Gasteiger partial charge in [-0.05, 0) is 43.6 Å². The highest BCUT2D eigenvalue weighted by atomic mass is 16.3. The first kappa shape index (κ1) is 16.2. The van der Waals surface area contributed by atoms with E-state index in [1.165, 1.54) is 6.08 Å². The number of carbonyl (C=O) groups excluding carboxylic acids is 1. The van der Waals surface area contributed by atoms with Gasteiger partial charge in [-0.15, -0.1) is 0 Å². The van der Waals surface area contributed by atoms with Gasteiger partial charge in [0, 0.05) is 6.54 Å². The van der Waals surface area contributed by atoms with Crippen molar-refractivity contribution < 1.29 is 15.0 Å². The Morgan fingerprint density at radius 3 is 2.74 bits per heavy atom. The first-order valence-corrected chi connectivity index (χ1v) is 7.29. The smallest absolute Gasteiger partial charge is 0.243 e. The maximum atomic E-state index is 11.2. The van der Waals surface area contributed by atoms with Gasteiger partial charge >= 0.3 is 0 Å². The molecule has 0 aromatic heterocycles. The van der Waals surface area contributed by atoms with Gasteiger partial charge in [0.25, 0.3) is 0 Å². The summed E-state index contributed by atoms with van der Waals surface area (Å²) in [5.41, 5.74) is 0.0586. The fourth-order valence-corrected chi connectivity index (χ4v) is 2.98. The van der Waals surface area contributed by atoms with Crippen LogP contribution in [0.4, 0.5) is 0 Å². The van der Waals surface area contributed by atoms with Crippen molar-refractivity contribution in [3.8, 4) is 0 Å². The molecule has 3 unspecified atom stereocenters. The third-order valence-corrected chi connectivity index (χ3v) is 4.26. The molecule has 0 aromatic carbocycles. The molecule has 0 heterocycles. The normalized spacial score (nSPS) is 30.9. The second kappa shape index (κ2) is 7.65. The Hall–Kier alpha value is -0.870. The monoisotopic (exact) mass is 269 g/mol. The van der Waals surface area contributed by atoms with Crippen molar-refractivity contribution >= 4 is 5.91 Å². The quantitative estimate of drug-likeness (QED) is 0.617. The molecule has 3 atom stereocenters. The molecule has 0 saturated heterocycles. The van der Waals surface area contributed by atoms with Gasteiger partial charge in [-0.25, -0.2) is 0 Å². The van der Waals surface area contributed by atoms with E-state index in [1.807, 2.05) is 0 Å². The highest BCUT2D eigenvalue weighted by molar-refractivity contribution is 5.86. The maximum Gasteiger partial charge on any atom is 0.243 e. The van der Waals surface area contributed by atoms with E-state index >= 15 is 0 Å². The maximum absolute atomic E-state index is 11.2. The molecule has 1 rings (SSSR count). The van der Waals surface area contributed by atoms with E-state index < -0.39 is 12.2 Å². The number of amides is 1. The summed E-state index contributed by atoms with van der Waals surface area (Å²) in [7, 11) is 0. The molecule has 0 bridgehead atoms. The lowest BCUT2D eigenvalue weighted by Gasteiger charge is -2.42. The molecule has 0 aromatic rings. The molecule has 0 radical (unpaired) electrons. The lowest BCUT2D eigenvalue weighted by molar-refractivity contribution is -0.116. The van der Waals surface area contributed by atoms with Gasteiger partial charge in [-0.2, -0.15) is 0 Å². The van der Waals surface area contributed by atoms with Crippen LogP contribution < -0.4 is 5.32 Å². The Morgan fingerprint density at radius 2 is 2.16 bits per heavy atom. The van der Waals surface area contributed by atoms with Crippen LogP contribution in [0.5, 0.6) is 0 Å². The molecule has 1 aliphatic carbocycles. The second-order valence-electron chi connectivity index (χ2n) is 5.73. The van der Waals surface area contributed by atoms with E-state index in [2.05, 4.69) is 18.8 Å². The van der Waals surface area contributed by atoms with Crippen LogP contribution in [-0.4, -0.2) is 34.9 Å². The van der Waals surface area contributed by atoms with E-state index in [4.69, 9.17) is 0 Å². The fourth-order valence-electron chi connectivity index (χ4n) is 2.98. The molecule has 1 fully saturated rings. The third-order valence-electron chi connectivity index (χ3n) is 4.26. The van der Waals surface area contributed by atoms with Crippen LogP contribution in [0.15, 0.2) is 12.7 Å². The summed E-state index contributed by atoms with van der Waals surface area (Å²) in [6.07, 6.45) is 6.44. The van der Waals surface area contributed by atoms with Crippen LogP contribution >= 0.6 is 0 Å². The Bertz CT molecular complexity index is 302. The summed E-state index contributed by atoms with van der Waals surface area (Å²) in [4.78, 5) is 11.2. The molecule has 110 valence electrons. The first-order chi connectivity index (χ1) is 9.03. The fraction of sp³-hybridized carbons (Fsp3) is 0.800. The molecular weight excluding hydrogens is 242 g/mol. The van der Waals surface area contributed by atoms with Gasteiger partial charge in [0.2, 0.25) is 5.91 Å². The Morgan fingerprint density at radius 1 is 1.42 bits per heavy atom. The molecule has 4 nitrogen and oxygen atoms in total. The number of aliphatic hydroxyl groups is 2. The van der Waals surface area contributed by atoms with Gasteiger partial charge in [-0.1, -0.05) is 26.3 Å². The molecule has 1 saturated carbocycles. The largest absolute Gasteiger partial charge is 0.390 e. The summed E-state index contributed by atoms with van der Waals surface area (Å²) in [6.45, 7) is 6.19. The standard InChI is InChI=1S/C15H27NO3/c1-3-5-7-15(9-10-16-14(19)4-2)8-6-12(17)13(18)11-15/h4,12-13,17-18H,2-3,5-11H2,1H3,(H,16,19). The van der Waals surface area contributed by atoms with Crippen LogP contribution in [0, 0.1) is 5.41 Å². The van der Waals surface area contributed by atoms with E-state index in [1.54, 1.807) is 0 Å². The second-order valence-corrected chi connectivity index (χ2v) is 5.73. The number of nitrogens with one attached hydrogen (secondary N) is 1. The van der Waals surface area contributed by atoms with Crippen LogP contribution in [0.25, 0.3) is 0 Å². The molecule has 19 heavy (non-hydrogen) atoms. The number of unbranched alkanes of at least 4 members (excludes halogenated alkanes) is 1. The van der Waals surface area contributed by atoms with Crippen molar-refractivity contribution in [3.63, 3.8) is 0 Å². The van der Waals surface area contributed by atoms with Crippen molar-refractivity contribution in [1.29, 1.82) is 0 Å². The van der Waals surface area contributed by atoms with Crippen molar-refractivity contribution in [2.75, 3.05) is 6.54 Å². The SMILES string of the molecule is C=CC(=O)NCCC1(CCCC)CCC(O)C(O)C1. The Balaban J connectivity index is 2.55. The summed E-state index contributed by atoms with van der Waals surface area (Å²) in [5.74, 6) is -0.151. The average Bonchev–Trinajstić information content (AvgIpc) is 2.41. The minimum absolute atomic E-state index is 0.0586. The van der Waals surface area contributed by atoms with Crippen molar-refractivity contribution in [1.82, 2.24) is 5.32 Å². The molecule has 0 aliphatic heterocycles. The lowest BCUT2D eigenvalue weighted by Crippen LogP contribution is -2.42. The van der Waals surface area contributed by atoms with Gasteiger partial charge < -0.3 is 15.5 Å². The lowest BCUT2D eigenvalue weighted by atomic mass is 9.67. The van der Waals surface area contributed by atoms with Crippen molar-refractivity contribution in [2.24, 2.45) is 5.41 Å². The van der Waals surface area contributed by atoms with Gasteiger partial charge in [0.15, 0.2) is 0 Å². The van der Waals surface area contributed by atoms with E-state index in [0.29, 0.717) is 19.4 Å². The molecule has 3 N–H and O–H groups in total. The zero-order valence-corrected chi connectivity index (χ0v) is 11.9. The van der Waals surface area contributed by atoms with Gasteiger partial charge in [0.1, 0.15) is 0 Å². The minimum atomic E-state index is -0.624. The number of aliphatic hydroxyl groups excluding tert-OH is 2. The highest BCUT2D eigenvalue weighted by Gasteiger charge is 2.38. The van der Waals surface area contributed by atoms with Gasteiger partial charge in [0.05, 0.1) is 12.2 Å². The van der Waals surface area contributed by atoms with E-state index in [-0.39, 0.29) is 11.3 Å². The predicted octanol–water partition coefficient (Wildman–Crippen LogP) is 1.76. The molecular formula is C15H27NO3. The van der Waals surface area contributed by atoms with Gasteiger partial charge in [-0.3, -0.25) is 4.79 Å². The molecule has 1 amide bonds. The summed E-state index contributed by atoms with van der Waals surface area (Å²) >= 11 is 0. The summed E-state index contributed by atoms with van der Waals surface area (Å²) < 4.78 is 0. The Labute approximate surface area is 115 Å². The van der Waals surface area contributed by atoms with Crippen LogP contribution in [-0.2, 0) is 4.79 Å². The molecule has 0 spiro atoms. The number of hydrogen-bond acceptors (Lipinski definition) is 3. The molecule has 1 aliphatic rings. The number of hydrogen-bond donors (Lipinski definition) is 3. The average molecular weight is 269 g/mol. The van der Waals surface area contributed by atoms with E-state index in [0.717, 1.165) is 32.1 Å². The van der Waals surface area contributed by atoms with Crippen LogP contribution in [0.1, 0.15) is 51.9 Å². The number of carbonyl (C=O) groups is 1. The highest BCUT2D eigenvalue weighted by Crippen LogP contribution is 2.43. The summed E-state index contributed by atoms with van der Waals surface area (Å²) in [5, 5.41) is 22.4. The van der Waals surface area contributed by atoms with Crippen molar-refractivity contribution in [2.45, 2.75) is 64.1 Å². The summed E-state index contributed by atoms with van der Waals surface area (Å²) in [6, 6.07) is 0. The first-order valence-electron chi connectivity index (χ1n) is 7.29. The minimum Gasteiger partial charge on any atom is -0.390 e. The topological polar surface area (TPSA) is 69.6 Å². The van der Waals surface area contributed by atoms with Crippen LogP contribution in [0.3, 0.4) is 0 Å². The number of rotatable bonds is 7. The predicted molar refractivity (Wildman–Crippen MR) is 75.6 cm³/mol. The zero-order valence-electron chi connectivity index (χ0n) is 11.9.